The molecule has 0 saturated carbocycles. The van der Waals surface area contributed by atoms with Gasteiger partial charge in [0.25, 0.3) is 17.7 Å². The lowest BCUT2D eigenvalue weighted by molar-refractivity contribution is -0.192. The van der Waals surface area contributed by atoms with Crippen LogP contribution in [0.3, 0.4) is 0 Å². The van der Waals surface area contributed by atoms with Gasteiger partial charge in [-0.15, -0.1) is 5.10 Å². The number of anilines is 1. The van der Waals surface area contributed by atoms with E-state index in [1.165, 1.54) is 21.6 Å². The van der Waals surface area contributed by atoms with Gasteiger partial charge in [0.2, 0.25) is 0 Å². The van der Waals surface area contributed by atoms with Crippen molar-refractivity contribution in [2.45, 2.75) is 65.1 Å². The Morgan fingerprint density at radius 1 is 1.03 bits per heavy atom. The molecule has 2 aliphatic rings. The topological polar surface area (TPSA) is 165 Å². The summed E-state index contributed by atoms with van der Waals surface area (Å²) in [6, 6.07) is 13.6. The van der Waals surface area contributed by atoms with Crippen LogP contribution in [-0.4, -0.2) is 92.4 Å². The average Bonchev–Trinajstić information content (AvgIpc) is 3.98. The Kier molecular flexibility index (Phi) is 10.8. The number of benzene rings is 2. The van der Waals surface area contributed by atoms with Gasteiger partial charge in [0, 0.05) is 46.4 Å². The van der Waals surface area contributed by atoms with E-state index in [4.69, 9.17) is 9.90 Å². The molecule has 1 fully saturated rings. The number of fused-ring (bicyclic) bond motifs is 2. The molecule has 2 N–H and O–H groups in total. The fourth-order valence-corrected chi connectivity index (χ4v) is 7.32. The zero-order chi connectivity index (χ0) is 42.4. The molecule has 2 amide bonds. The van der Waals surface area contributed by atoms with Crippen molar-refractivity contribution in [1.82, 2.24) is 44.3 Å². The predicted molar refractivity (Wildman–Crippen MR) is 199 cm³/mol. The smallest absolute Gasteiger partial charge is 0.475 e. The molecule has 2 aromatic carbocycles. The monoisotopic (exact) mass is 822 g/mol. The van der Waals surface area contributed by atoms with E-state index in [2.05, 4.69) is 30.8 Å². The highest BCUT2D eigenvalue weighted by molar-refractivity contribution is 6.08. The maximum atomic E-state index is 15.7. The number of carbonyl (C=O) groups excluding carboxylic acids is 2. The number of carbonyl (C=O) groups is 3. The van der Waals surface area contributed by atoms with Crippen LogP contribution in [0.4, 0.5) is 32.0 Å². The highest BCUT2D eigenvalue weighted by Crippen LogP contribution is 2.36. The van der Waals surface area contributed by atoms with Crippen LogP contribution in [0.1, 0.15) is 61.9 Å². The number of hydrogen-bond donors (Lipinski definition) is 2. The molecule has 8 rings (SSSR count). The van der Waals surface area contributed by atoms with E-state index in [0.29, 0.717) is 52.1 Å². The Morgan fingerprint density at radius 2 is 1.76 bits per heavy atom. The van der Waals surface area contributed by atoms with E-state index in [1.807, 2.05) is 19.9 Å². The lowest BCUT2D eigenvalue weighted by Crippen LogP contribution is -2.52. The number of likely N-dealkylation sites (tertiary alicyclic amines) is 1. The summed E-state index contributed by atoms with van der Waals surface area (Å²) in [6.45, 7) is 4.81. The third-order valence-electron chi connectivity index (χ3n) is 10.2. The molecule has 1 unspecified atom stereocenters. The summed E-state index contributed by atoms with van der Waals surface area (Å²) in [4.78, 5) is 41.2. The van der Waals surface area contributed by atoms with Crippen molar-refractivity contribution in [2.75, 3.05) is 18.4 Å². The first-order valence-electron chi connectivity index (χ1n) is 18.4. The van der Waals surface area contributed by atoms with Crippen LogP contribution >= 0.6 is 0 Å². The molecule has 308 valence electrons. The third-order valence-corrected chi connectivity index (χ3v) is 10.2. The first kappa shape index (κ1) is 40.6. The number of carboxylic acid groups (broad SMARTS) is 1. The number of rotatable bonds is 7. The second kappa shape index (κ2) is 15.6. The minimum absolute atomic E-state index is 0.0546. The van der Waals surface area contributed by atoms with Crippen LogP contribution in [0.2, 0.25) is 0 Å². The Bertz CT molecular complexity index is 2560. The first-order valence-corrected chi connectivity index (χ1v) is 18.4. The Labute approximate surface area is 331 Å². The molecule has 0 radical (unpaired) electrons. The van der Waals surface area contributed by atoms with Crippen molar-refractivity contribution >= 4 is 29.1 Å². The van der Waals surface area contributed by atoms with Crippen LogP contribution in [0, 0.1) is 32.5 Å². The molecule has 0 bridgehead atoms. The summed E-state index contributed by atoms with van der Waals surface area (Å²) < 4.78 is 82.4. The largest absolute Gasteiger partial charge is 0.490 e. The number of halogens is 6. The molecule has 1 atom stereocenters. The summed E-state index contributed by atoms with van der Waals surface area (Å²) in [6.07, 6.45) is 0.0584. The Morgan fingerprint density at radius 3 is 2.44 bits per heavy atom. The average molecular weight is 823 g/mol. The summed E-state index contributed by atoms with van der Waals surface area (Å²) in [5.74, 6) is -8.39. The maximum absolute atomic E-state index is 15.7. The van der Waals surface area contributed by atoms with Crippen LogP contribution in [-0.2, 0) is 24.2 Å². The summed E-state index contributed by atoms with van der Waals surface area (Å²) in [7, 11) is 0. The van der Waals surface area contributed by atoms with Crippen molar-refractivity contribution in [3.63, 3.8) is 0 Å². The number of amides is 2. The second-order valence-corrected chi connectivity index (χ2v) is 14.4. The lowest BCUT2D eigenvalue weighted by atomic mass is 9.92. The number of aryl methyl sites for hydroxylation is 3. The molecular formula is C39H36F6N10O4. The summed E-state index contributed by atoms with van der Waals surface area (Å²) in [5.41, 5.74) is 6.72. The van der Waals surface area contributed by atoms with Gasteiger partial charge in [-0.2, -0.15) is 23.4 Å². The van der Waals surface area contributed by atoms with E-state index in [-0.39, 0.29) is 36.8 Å². The van der Waals surface area contributed by atoms with Crippen molar-refractivity contribution in [2.24, 2.45) is 5.92 Å². The molecule has 59 heavy (non-hydrogen) atoms. The number of piperidine rings is 1. The molecule has 1 aliphatic carbocycles. The van der Waals surface area contributed by atoms with Crippen LogP contribution in [0.5, 0.6) is 0 Å². The van der Waals surface area contributed by atoms with Crippen molar-refractivity contribution in [1.29, 1.82) is 0 Å². The predicted octanol–water partition coefficient (Wildman–Crippen LogP) is 6.41. The van der Waals surface area contributed by atoms with E-state index in [1.54, 1.807) is 54.0 Å². The zero-order valence-electron chi connectivity index (χ0n) is 31.8. The highest BCUT2D eigenvalue weighted by Gasteiger charge is 2.47. The van der Waals surface area contributed by atoms with E-state index in [0.717, 1.165) is 28.4 Å². The molecule has 5 heterocycles. The van der Waals surface area contributed by atoms with Gasteiger partial charge in [0.05, 0.1) is 25.5 Å². The number of hydrogen-bond acceptors (Lipinski definition) is 8. The molecule has 20 heteroatoms. The lowest BCUT2D eigenvalue weighted by Gasteiger charge is -2.38. The molecule has 1 aliphatic heterocycles. The van der Waals surface area contributed by atoms with Gasteiger partial charge < -0.3 is 15.3 Å². The standard InChI is InChI=1S/C37H35F3N10O2.C2HF3O2/c1-21-6-4-8-29(38)33(21)50-31-9-5-7-27(31)32(45-50)36(52)47-15-14-25(37(39,40)20-47)18-48-19-30(44-46-48)24-10-12-26(13-11-24)43-35(51)28-17-41-49-23(3)16-22(2)42-34(28)49;3-2(4,5)1(6)7/h4,6,8,10-13,16-17,19,25H,5,7,9,14-15,18,20H2,1-3H3,(H,43,51);(H,6,7). The summed E-state index contributed by atoms with van der Waals surface area (Å²) >= 11 is 0. The number of alkyl halides is 5. The summed E-state index contributed by atoms with van der Waals surface area (Å²) in [5, 5.41) is 27.1. The Hall–Kier alpha value is -6.60. The molecular weight excluding hydrogens is 786 g/mol. The van der Waals surface area contributed by atoms with Gasteiger partial charge >= 0.3 is 12.1 Å². The minimum Gasteiger partial charge on any atom is -0.475 e. The van der Waals surface area contributed by atoms with Crippen molar-refractivity contribution in [3.05, 3.63) is 106 Å². The van der Waals surface area contributed by atoms with Gasteiger partial charge in [-0.1, -0.05) is 29.5 Å². The zero-order valence-corrected chi connectivity index (χ0v) is 31.8. The van der Waals surface area contributed by atoms with Gasteiger partial charge in [-0.05, 0) is 76.3 Å². The van der Waals surface area contributed by atoms with Crippen molar-refractivity contribution in [3.8, 4) is 16.9 Å². The fraction of sp³-hybridized carbons (Fsp3) is 0.333. The molecule has 1 saturated heterocycles. The number of para-hydroxylation sites is 1. The normalized spacial score (nSPS) is 16.1. The SMILES string of the molecule is Cc1cc(C)n2ncc(C(=O)Nc3ccc(-c4cn(CC5CCN(C(=O)c6nn(-c7c(C)cccc7F)c7c6CCC7)CC5(F)F)nn4)cc3)c2n1.O=C(O)C(F)(F)F. The number of nitrogens with one attached hydrogen (secondary N) is 1. The van der Waals surface area contributed by atoms with E-state index in [9.17, 15) is 27.2 Å². The number of aromatic nitrogens is 8. The number of aliphatic carboxylic acids is 1. The van der Waals surface area contributed by atoms with Gasteiger partial charge in [-0.25, -0.2) is 32.1 Å². The molecule has 0 spiro atoms. The van der Waals surface area contributed by atoms with Crippen LogP contribution in [0.15, 0.2) is 60.9 Å². The minimum atomic E-state index is -5.08. The second-order valence-electron chi connectivity index (χ2n) is 14.4. The highest BCUT2D eigenvalue weighted by atomic mass is 19.4. The number of carboxylic acids is 1. The molecule has 6 aromatic rings. The van der Waals surface area contributed by atoms with Crippen LogP contribution < -0.4 is 5.32 Å². The van der Waals surface area contributed by atoms with E-state index >= 15 is 8.78 Å². The maximum Gasteiger partial charge on any atom is 0.490 e. The van der Waals surface area contributed by atoms with Gasteiger partial charge in [0.1, 0.15) is 22.8 Å². The van der Waals surface area contributed by atoms with E-state index < -0.39 is 42.3 Å². The van der Waals surface area contributed by atoms with Gasteiger partial charge in [0.15, 0.2) is 11.3 Å². The third kappa shape index (κ3) is 8.24. The first-order chi connectivity index (χ1) is 27.9. The fourth-order valence-electron chi connectivity index (χ4n) is 7.32. The molecule has 14 nitrogen and oxygen atoms in total. The molecule has 4 aromatic heterocycles. The number of nitrogens with zero attached hydrogens (tertiary/aromatic N) is 9. The van der Waals surface area contributed by atoms with Crippen molar-refractivity contribution < 1.29 is 45.8 Å². The Balaban J connectivity index is 0.000000694. The quantitative estimate of drug-likeness (QED) is 0.173. The van der Waals surface area contributed by atoms with Gasteiger partial charge in [-0.3, -0.25) is 14.3 Å². The van der Waals surface area contributed by atoms with Crippen LogP contribution in [0.25, 0.3) is 22.6 Å².